The summed E-state index contributed by atoms with van der Waals surface area (Å²) in [6, 6.07) is 11.7. The van der Waals surface area contributed by atoms with Crippen molar-refractivity contribution in [1.29, 1.82) is 0 Å². The summed E-state index contributed by atoms with van der Waals surface area (Å²) in [5.74, 6) is 0.486. The number of morpholine rings is 1. The number of halogens is 2. The molecule has 180 valence electrons. The van der Waals surface area contributed by atoms with Gasteiger partial charge in [0, 0.05) is 30.7 Å². The van der Waals surface area contributed by atoms with Gasteiger partial charge in [-0.15, -0.1) is 0 Å². The number of carbonyl (C=O) groups is 1. The van der Waals surface area contributed by atoms with Crippen LogP contribution in [0.3, 0.4) is 0 Å². The van der Waals surface area contributed by atoms with Crippen LogP contribution in [0, 0.1) is 6.92 Å². The lowest BCUT2D eigenvalue weighted by Crippen LogP contribution is -2.43. The molecule has 34 heavy (non-hydrogen) atoms. The second-order valence-electron chi connectivity index (χ2n) is 7.54. The smallest absolute Gasteiger partial charge is 0.387 e. The molecule has 0 unspecified atom stereocenters. The van der Waals surface area contributed by atoms with Crippen molar-refractivity contribution in [2.45, 2.75) is 20.5 Å². The van der Waals surface area contributed by atoms with Crippen LogP contribution in [0.4, 0.5) is 25.0 Å². The number of alkyl halides is 2. The van der Waals surface area contributed by atoms with E-state index < -0.39 is 6.61 Å². The Morgan fingerprint density at radius 1 is 1.18 bits per heavy atom. The molecule has 2 aromatic carbocycles. The van der Waals surface area contributed by atoms with Gasteiger partial charge in [-0.1, -0.05) is 30.9 Å². The second-order valence-corrected chi connectivity index (χ2v) is 7.54. The summed E-state index contributed by atoms with van der Waals surface area (Å²) in [5.41, 5.74) is 3.92. The lowest BCUT2D eigenvalue weighted by atomic mass is 10.1. The van der Waals surface area contributed by atoms with E-state index in [4.69, 9.17) is 4.74 Å². The Morgan fingerprint density at radius 3 is 2.53 bits per heavy atom. The standard InChI is InChI=1S/C25H28F2N4O3/c1-4-19(20-6-9-22(10-7-20)34-24(26)27)16-28-18(3)29-21-8-5-17(2)23(15-21)30-25(32)31-11-13-33-14-12-31/h4-10,15-16,24,29H,3,11-14H2,1-2H3,(H,30,32)/b19-4+,28-16-. The van der Waals surface area contributed by atoms with Gasteiger partial charge in [-0.25, -0.2) is 9.79 Å². The number of urea groups is 1. The predicted molar refractivity (Wildman–Crippen MR) is 131 cm³/mol. The van der Waals surface area contributed by atoms with Gasteiger partial charge in [-0.05, 0) is 54.8 Å². The maximum Gasteiger partial charge on any atom is 0.387 e. The van der Waals surface area contributed by atoms with Crippen LogP contribution in [0.2, 0.25) is 0 Å². The van der Waals surface area contributed by atoms with E-state index in [-0.39, 0.29) is 11.8 Å². The van der Waals surface area contributed by atoms with E-state index in [1.165, 1.54) is 12.1 Å². The Labute approximate surface area is 197 Å². The van der Waals surface area contributed by atoms with Gasteiger partial charge >= 0.3 is 12.6 Å². The lowest BCUT2D eigenvalue weighted by molar-refractivity contribution is -0.0498. The van der Waals surface area contributed by atoms with Crippen LogP contribution in [-0.4, -0.2) is 50.1 Å². The Bertz CT molecular complexity index is 1060. The van der Waals surface area contributed by atoms with E-state index in [0.717, 1.165) is 22.4 Å². The van der Waals surface area contributed by atoms with Crippen molar-refractivity contribution < 1.29 is 23.0 Å². The molecule has 7 nitrogen and oxygen atoms in total. The van der Waals surface area contributed by atoms with E-state index in [1.54, 1.807) is 23.2 Å². The summed E-state index contributed by atoms with van der Waals surface area (Å²) in [4.78, 5) is 18.6. The number of aliphatic imine (C=N–C) groups is 1. The van der Waals surface area contributed by atoms with Crippen molar-refractivity contribution in [2.75, 3.05) is 36.9 Å². The zero-order valence-electron chi connectivity index (χ0n) is 19.2. The van der Waals surface area contributed by atoms with Crippen LogP contribution < -0.4 is 15.4 Å². The number of rotatable bonds is 8. The van der Waals surface area contributed by atoms with Crippen molar-refractivity contribution in [2.24, 2.45) is 4.99 Å². The normalized spacial score (nSPS) is 14.4. The first kappa shape index (κ1) is 24.9. The van der Waals surface area contributed by atoms with Crippen LogP contribution in [0.25, 0.3) is 5.57 Å². The molecule has 2 N–H and O–H groups in total. The van der Waals surface area contributed by atoms with Crippen LogP contribution >= 0.6 is 0 Å². The molecular formula is C25H28F2N4O3. The Balaban J connectivity index is 1.62. The van der Waals surface area contributed by atoms with Crippen LogP contribution in [-0.2, 0) is 4.74 Å². The largest absolute Gasteiger partial charge is 0.435 e. The van der Waals surface area contributed by atoms with E-state index in [0.29, 0.717) is 37.8 Å². The van der Waals surface area contributed by atoms with Gasteiger partial charge in [0.25, 0.3) is 0 Å². The van der Waals surface area contributed by atoms with Crippen molar-refractivity contribution in [3.63, 3.8) is 0 Å². The molecule has 0 radical (unpaired) electrons. The number of nitrogens with one attached hydrogen (secondary N) is 2. The molecule has 2 aromatic rings. The maximum atomic E-state index is 12.5. The summed E-state index contributed by atoms with van der Waals surface area (Å²) in [6.07, 6.45) is 3.48. The highest BCUT2D eigenvalue weighted by Crippen LogP contribution is 2.23. The van der Waals surface area contributed by atoms with Crippen molar-refractivity contribution in [3.8, 4) is 5.75 Å². The number of benzene rings is 2. The highest BCUT2D eigenvalue weighted by atomic mass is 19.3. The number of amides is 2. The number of allylic oxidation sites excluding steroid dienone is 2. The lowest BCUT2D eigenvalue weighted by Gasteiger charge is -2.27. The molecule has 1 aliphatic heterocycles. The SMILES string of the molecule is C=C(/N=C\C(=C/C)c1ccc(OC(F)F)cc1)Nc1ccc(C)c(NC(=O)N2CCOCC2)c1. The highest BCUT2D eigenvalue weighted by Gasteiger charge is 2.17. The summed E-state index contributed by atoms with van der Waals surface area (Å²) >= 11 is 0. The molecule has 3 rings (SSSR count). The molecule has 1 saturated heterocycles. The fourth-order valence-electron chi connectivity index (χ4n) is 3.29. The first-order valence-corrected chi connectivity index (χ1v) is 10.8. The molecule has 1 heterocycles. The molecule has 1 fully saturated rings. The van der Waals surface area contributed by atoms with Gasteiger partial charge in [-0.3, -0.25) is 0 Å². The highest BCUT2D eigenvalue weighted by molar-refractivity contribution is 6.10. The van der Waals surface area contributed by atoms with Gasteiger partial charge < -0.3 is 25.0 Å². The van der Waals surface area contributed by atoms with Crippen molar-refractivity contribution in [3.05, 3.63) is 72.1 Å². The first-order chi connectivity index (χ1) is 16.4. The molecule has 0 aliphatic carbocycles. The first-order valence-electron chi connectivity index (χ1n) is 10.8. The predicted octanol–water partition coefficient (Wildman–Crippen LogP) is 5.52. The van der Waals surface area contributed by atoms with Crippen molar-refractivity contribution >= 4 is 29.2 Å². The van der Waals surface area contributed by atoms with Crippen LogP contribution in [0.15, 0.2) is 65.9 Å². The fraction of sp³-hybridized carbons (Fsp3) is 0.280. The molecule has 0 bridgehead atoms. The maximum absolute atomic E-state index is 12.5. The van der Waals surface area contributed by atoms with Gasteiger partial charge in [-0.2, -0.15) is 8.78 Å². The quantitative estimate of drug-likeness (QED) is 0.499. The average molecular weight is 471 g/mol. The van der Waals surface area contributed by atoms with Gasteiger partial charge in [0.1, 0.15) is 11.6 Å². The Morgan fingerprint density at radius 2 is 1.88 bits per heavy atom. The minimum atomic E-state index is -2.86. The molecule has 1 aliphatic rings. The van der Waals surface area contributed by atoms with Crippen molar-refractivity contribution in [1.82, 2.24) is 4.90 Å². The zero-order chi connectivity index (χ0) is 24.5. The summed E-state index contributed by atoms with van der Waals surface area (Å²) in [5, 5.41) is 6.06. The van der Waals surface area contributed by atoms with Gasteiger partial charge in [0.05, 0.1) is 13.2 Å². The number of hydrogen-bond donors (Lipinski definition) is 2. The molecular weight excluding hydrogens is 442 g/mol. The van der Waals surface area contributed by atoms with E-state index in [2.05, 4.69) is 26.9 Å². The molecule has 2 amide bonds. The minimum absolute atomic E-state index is 0.0908. The number of hydrogen-bond acceptors (Lipinski definition) is 5. The summed E-state index contributed by atoms with van der Waals surface area (Å²) in [6.45, 7) is 7.03. The van der Waals surface area contributed by atoms with E-state index in [9.17, 15) is 13.6 Å². The third kappa shape index (κ3) is 7.14. The summed E-state index contributed by atoms with van der Waals surface area (Å²) in [7, 11) is 0. The van der Waals surface area contributed by atoms with Gasteiger partial charge in [0.15, 0.2) is 0 Å². The second kappa shape index (κ2) is 11.9. The number of ether oxygens (including phenoxy) is 2. The molecule has 9 heteroatoms. The summed E-state index contributed by atoms with van der Waals surface area (Å²) < 4.78 is 34.3. The van der Waals surface area contributed by atoms with Gasteiger partial charge in [0.2, 0.25) is 0 Å². The molecule has 0 saturated carbocycles. The zero-order valence-corrected chi connectivity index (χ0v) is 19.2. The number of nitrogens with zero attached hydrogens (tertiary/aromatic N) is 2. The topological polar surface area (TPSA) is 75.2 Å². The van der Waals surface area contributed by atoms with Crippen LogP contribution in [0.5, 0.6) is 5.75 Å². The molecule has 0 atom stereocenters. The monoisotopic (exact) mass is 470 g/mol. The Kier molecular flexibility index (Phi) is 8.75. The number of aryl methyl sites for hydroxylation is 1. The Hall–Kier alpha value is -3.72. The fourth-order valence-corrected chi connectivity index (χ4v) is 3.29. The molecule has 0 aromatic heterocycles. The van der Waals surface area contributed by atoms with E-state index in [1.807, 2.05) is 38.1 Å². The number of carbonyl (C=O) groups excluding carboxylic acids is 1. The number of anilines is 2. The third-order valence-electron chi connectivity index (χ3n) is 5.15. The minimum Gasteiger partial charge on any atom is -0.435 e. The third-order valence-corrected chi connectivity index (χ3v) is 5.15. The molecule has 0 spiro atoms. The average Bonchev–Trinajstić information content (AvgIpc) is 2.82. The van der Waals surface area contributed by atoms with E-state index >= 15 is 0 Å². The van der Waals surface area contributed by atoms with Crippen LogP contribution in [0.1, 0.15) is 18.1 Å².